The molecule has 1 saturated carbocycles. The Hall–Kier alpha value is -3.11. The Balaban J connectivity index is 1.27. The van der Waals surface area contributed by atoms with E-state index >= 15 is 0 Å². The number of pyridine rings is 1. The Morgan fingerprint density at radius 2 is 1.79 bits per heavy atom. The molecule has 11 nitrogen and oxygen atoms in total. The lowest BCUT2D eigenvalue weighted by Crippen LogP contribution is -2.40. The van der Waals surface area contributed by atoms with Crippen molar-refractivity contribution in [2.75, 3.05) is 32.0 Å². The van der Waals surface area contributed by atoms with E-state index in [1.807, 2.05) is 0 Å². The number of aromatic amines is 1. The fourth-order valence-corrected chi connectivity index (χ4v) is 9.09. The lowest BCUT2D eigenvalue weighted by atomic mass is 10.0. The fourth-order valence-electron chi connectivity index (χ4n) is 5.53. The highest BCUT2D eigenvalue weighted by atomic mass is 35.5. The Morgan fingerprint density at radius 1 is 1.06 bits per heavy atom. The number of carbonyl (C=O) groups is 2. The molecule has 0 radical (unpaired) electrons. The molecule has 1 unspecified atom stereocenters. The summed E-state index contributed by atoms with van der Waals surface area (Å²) in [5.41, 5.74) is 0.907. The molecule has 1 amide bonds. The minimum atomic E-state index is -4.22. The molecule has 4 heterocycles. The highest BCUT2D eigenvalue weighted by Gasteiger charge is 2.43. The van der Waals surface area contributed by atoms with Crippen LogP contribution >= 0.6 is 35.0 Å². The molecule has 0 bridgehead atoms. The van der Waals surface area contributed by atoms with Gasteiger partial charge in [-0.2, -0.15) is 13.1 Å². The number of hydrogen-bond donors (Lipinski definition) is 1. The third-order valence-corrected chi connectivity index (χ3v) is 12.1. The second-order valence-corrected chi connectivity index (χ2v) is 15.5. The molecule has 48 heavy (non-hydrogen) atoms. The molecule has 2 aliphatic heterocycles. The van der Waals surface area contributed by atoms with Gasteiger partial charge in [-0.3, -0.25) is 9.78 Å². The topological polar surface area (TPSA) is 131 Å². The van der Waals surface area contributed by atoms with Crippen LogP contribution in [0.25, 0.3) is 0 Å². The molecule has 1 aliphatic carbocycles. The number of sulfonamides is 1. The van der Waals surface area contributed by atoms with Crippen molar-refractivity contribution in [2.45, 2.75) is 55.1 Å². The van der Waals surface area contributed by atoms with Crippen molar-refractivity contribution in [2.24, 2.45) is 5.92 Å². The van der Waals surface area contributed by atoms with Gasteiger partial charge in [0.05, 0.1) is 16.7 Å². The van der Waals surface area contributed by atoms with E-state index in [2.05, 4.69) is 14.7 Å². The van der Waals surface area contributed by atoms with E-state index in [-0.39, 0.29) is 51.0 Å². The highest BCUT2D eigenvalue weighted by molar-refractivity contribution is 8.02. The summed E-state index contributed by atoms with van der Waals surface area (Å²) in [6.07, 6.45) is 6.55. The third kappa shape index (κ3) is 7.85. The quantitative estimate of drug-likeness (QED) is 0.212. The normalized spacial score (nSPS) is 19.1. The molecule has 1 N–H and O–H groups in total. The molecule has 2 atom stereocenters. The number of halogens is 4. The number of benzene rings is 1. The number of hydrogen-bond acceptors (Lipinski definition) is 9. The zero-order valence-corrected chi connectivity index (χ0v) is 28.6. The minimum absolute atomic E-state index is 0.0266. The Morgan fingerprint density at radius 3 is 2.48 bits per heavy atom. The maximum absolute atomic E-state index is 13.8. The van der Waals surface area contributed by atoms with Crippen molar-refractivity contribution in [3.05, 3.63) is 69.7 Å². The monoisotopic (exact) mass is 744 g/mol. The molecular formula is C31H32Cl2F2N4O7S2. The van der Waals surface area contributed by atoms with Crippen molar-refractivity contribution in [3.63, 3.8) is 0 Å². The predicted octanol–water partition coefficient (Wildman–Crippen LogP) is 5.93. The summed E-state index contributed by atoms with van der Waals surface area (Å²) in [6.45, 7) is -1.57. The molecule has 1 aromatic carbocycles. The first-order valence-corrected chi connectivity index (χ1v) is 18.6. The number of thioether (sulfide) groups is 1. The molecule has 258 valence electrons. The van der Waals surface area contributed by atoms with Gasteiger partial charge >= 0.3 is 12.6 Å². The lowest BCUT2D eigenvalue weighted by Gasteiger charge is -2.25. The van der Waals surface area contributed by atoms with Gasteiger partial charge in [0.2, 0.25) is 10.0 Å². The van der Waals surface area contributed by atoms with E-state index < -0.39 is 34.1 Å². The first-order valence-electron chi connectivity index (χ1n) is 15.3. The largest absolute Gasteiger partial charge is 0.489 e. The van der Waals surface area contributed by atoms with Crippen LogP contribution in [0, 0.1) is 5.92 Å². The predicted molar refractivity (Wildman–Crippen MR) is 174 cm³/mol. The minimum Gasteiger partial charge on any atom is -0.489 e. The molecule has 2 saturated heterocycles. The first-order chi connectivity index (χ1) is 23.0. The van der Waals surface area contributed by atoms with Crippen LogP contribution in [-0.2, 0) is 26.0 Å². The van der Waals surface area contributed by atoms with E-state index in [0.717, 1.165) is 41.8 Å². The van der Waals surface area contributed by atoms with E-state index in [0.29, 0.717) is 42.5 Å². The molecule has 0 spiro atoms. The van der Waals surface area contributed by atoms with Gasteiger partial charge in [-0.1, -0.05) is 29.3 Å². The van der Waals surface area contributed by atoms with Gasteiger partial charge in [0.25, 0.3) is 5.91 Å². The molecule has 6 rings (SSSR count). The number of rotatable bonds is 13. The standard InChI is InChI=1S/C31H32Cl2F2N4O7S2/c32-22-15-36-16-23(33)21(22)13-26(19-5-6-25(46-31(34)35)27(11-19)44-17-18-3-4-18)45-30(41)29-39(9-10-47-29)48(42,43)20-12-24(37-14-20)28(40)38-7-1-2-8-38/h5-6,11-12,14-16,18,26,29,31,37H,1-4,7-10,13,17H2/t26?,29-/m0/s1. The molecule has 3 fully saturated rings. The second kappa shape index (κ2) is 14.8. The molecule has 3 aliphatic rings. The van der Waals surface area contributed by atoms with Crippen LogP contribution in [0.3, 0.4) is 0 Å². The first kappa shape index (κ1) is 34.7. The smallest absolute Gasteiger partial charge is 0.387 e. The van der Waals surface area contributed by atoms with Crippen LogP contribution in [-0.4, -0.2) is 83.4 Å². The summed E-state index contributed by atoms with van der Waals surface area (Å²) in [6, 6.07) is 5.49. The summed E-state index contributed by atoms with van der Waals surface area (Å²) < 4.78 is 71.5. The van der Waals surface area contributed by atoms with Crippen LogP contribution in [0.1, 0.15) is 53.4 Å². The van der Waals surface area contributed by atoms with Crippen LogP contribution in [0.2, 0.25) is 10.0 Å². The Bertz CT molecular complexity index is 1750. The van der Waals surface area contributed by atoms with Gasteiger partial charge in [0.15, 0.2) is 16.9 Å². The van der Waals surface area contributed by atoms with Crippen LogP contribution < -0.4 is 9.47 Å². The van der Waals surface area contributed by atoms with E-state index in [1.165, 1.54) is 42.9 Å². The zero-order valence-electron chi connectivity index (χ0n) is 25.4. The molecule has 3 aromatic rings. The van der Waals surface area contributed by atoms with E-state index in [1.54, 1.807) is 4.90 Å². The zero-order chi connectivity index (χ0) is 34.0. The number of amides is 1. The number of nitrogens with one attached hydrogen (secondary N) is 1. The molecule has 2 aromatic heterocycles. The average molecular weight is 746 g/mol. The number of carbonyl (C=O) groups excluding carboxylic acids is 2. The Labute approximate surface area is 290 Å². The van der Waals surface area contributed by atoms with Gasteiger partial charge in [0, 0.05) is 50.4 Å². The maximum atomic E-state index is 13.8. The van der Waals surface area contributed by atoms with Crippen molar-refractivity contribution in [3.8, 4) is 11.5 Å². The Kier molecular flexibility index (Phi) is 10.7. The van der Waals surface area contributed by atoms with E-state index in [4.69, 9.17) is 32.7 Å². The second-order valence-electron chi connectivity index (χ2n) is 11.6. The van der Waals surface area contributed by atoms with Crippen LogP contribution in [0.4, 0.5) is 8.78 Å². The van der Waals surface area contributed by atoms with Crippen LogP contribution in [0.15, 0.2) is 47.8 Å². The summed E-state index contributed by atoms with van der Waals surface area (Å²) >= 11 is 13.9. The number of ether oxygens (including phenoxy) is 3. The van der Waals surface area contributed by atoms with E-state index in [9.17, 15) is 26.8 Å². The van der Waals surface area contributed by atoms with Gasteiger partial charge in [-0.05, 0) is 60.9 Å². The average Bonchev–Trinajstić information content (AvgIpc) is 3.47. The molecular weight excluding hydrogens is 713 g/mol. The van der Waals surface area contributed by atoms with Crippen molar-refractivity contribution in [1.29, 1.82) is 0 Å². The SMILES string of the molecule is O=C(OC(Cc1c(Cl)cncc1Cl)c1ccc(OC(F)F)c(OCC2CC2)c1)[C@@H]1SCCN1S(=O)(=O)c1c[nH]c(C(=O)N2CCCC2)c1. The number of nitrogens with zero attached hydrogens (tertiary/aromatic N) is 3. The number of H-pyrrole nitrogens is 1. The lowest BCUT2D eigenvalue weighted by molar-refractivity contribution is -0.150. The summed E-state index contributed by atoms with van der Waals surface area (Å²) in [4.78, 5) is 34.9. The van der Waals surface area contributed by atoms with Crippen molar-refractivity contribution >= 4 is 56.9 Å². The number of aromatic nitrogens is 2. The van der Waals surface area contributed by atoms with Gasteiger partial charge < -0.3 is 24.1 Å². The fraction of sp³-hybridized carbons (Fsp3) is 0.452. The summed E-state index contributed by atoms with van der Waals surface area (Å²) in [7, 11) is -4.22. The summed E-state index contributed by atoms with van der Waals surface area (Å²) in [5.74, 6) is -0.671. The van der Waals surface area contributed by atoms with Crippen molar-refractivity contribution < 1.29 is 41.0 Å². The highest BCUT2D eigenvalue weighted by Crippen LogP contribution is 2.39. The van der Waals surface area contributed by atoms with Crippen molar-refractivity contribution in [1.82, 2.24) is 19.2 Å². The van der Waals surface area contributed by atoms with Gasteiger partial charge in [-0.25, -0.2) is 13.2 Å². The number of likely N-dealkylation sites (tertiary alicyclic amines) is 1. The third-order valence-electron chi connectivity index (χ3n) is 8.26. The maximum Gasteiger partial charge on any atom is 0.387 e. The van der Waals surface area contributed by atoms with Gasteiger partial charge in [0.1, 0.15) is 16.7 Å². The summed E-state index contributed by atoms with van der Waals surface area (Å²) in [5, 5.41) is -0.837. The number of alkyl halides is 2. The molecule has 17 heteroatoms. The van der Waals surface area contributed by atoms with Gasteiger partial charge in [-0.15, -0.1) is 11.8 Å². The number of esters is 1. The van der Waals surface area contributed by atoms with Crippen LogP contribution in [0.5, 0.6) is 11.5 Å².